The molecule has 2 aromatic heterocycles. The average Bonchev–Trinajstić information content (AvgIpc) is 3.21. The monoisotopic (exact) mass is 376 g/mol. The van der Waals surface area contributed by atoms with Gasteiger partial charge in [-0.2, -0.15) is 0 Å². The second-order valence-electron chi connectivity index (χ2n) is 7.34. The van der Waals surface area contributed by atoms with Crippen molar-refractivity contribution in [2.24, 2.45) is 0 Å². The minimum Gasteiger partial charge on any atom is -0.336 e. The van der Waals surface area contributed by atoms with E-state index in [-0.39, 0.29) is 17.5 Å². The molecule has 1 aromatic carbocycles. The van der Waals surface area contributed by atoms with Gasteiger partial charge in [0.15, 0.2) is 0 Å². The lowest BCUT2D eigenvalue weighted by molar-refractivity contribution is -0.132. The number of pyridine rings is 1. The molecule has 0 N–H and O–H groups in total. The predicted molar refractivity (Wildman–Crippen MR) is 108 cm³/mol. The van der Waals surface area contributed by atoms with E-state index in [9.17, 15) is 9.59 Å². The number of rotatable bonds is 5. The maximum Gasteiger partial charge on any atom is 0.261 e. The molecule has 4 rings (SSSR count). The van der Waals surface area contributed by atoms with Crippen LogP contribution >= 0.6 is 0 Å². The van der Waals surface area contributed by atoms with E-state index in [0.29, 0.717) is 24.8 Å². The standard InChI is InChI=1S/C22H24N4O2/c1-16-5-2-6-18-21(16)24-15-25(22(18)28)13-4-8-20(27)26-14-3-7-19(26)17-9-11-23-12-10-17/h2,5-6,9-12,15,19H,3-4,7-8,13-14H2,1H3. The summed E-state index contributed by atoms with van der Waals surface area (Å²) in [6, 6.07) is 9.75. The lowest BCUT2D eigenvalue weighted by Crippen LogP contribution is -2.31. The average molecular weight is 376 g/mol. The zero-order valence-corrected chi connectivity index (χ0v) is 16.0. The van der Waals surface area contributed by atoms with E-state index >= 15 is 0 Å². The molecule has 6 heteroatoms. The molecule has 28 heavy (non-hydrogen) atoms. The highest BCUT2D eigenvalue weighted by Gasteiger charge is 2.29. The van der Waals surface area contributed by atoms with Gasteiger partial charge >= 0.3 is 0 Å². The van der Waals surface area contributed by atoms with Crippen LogP contribution in [0.1, 0.15) is 42.9 Å². The number of hydrogen-bond acceptors (Lipinski definition) is 4. The number of hydrogen-bond donors (Lipinski definition) is 0. The summed E-state index contributed by atoms with van der Waals surface area (Å²) in [5.74, 6) is 0.150. The lowest BCUT2D eigenvalue weighted by Gasteiger charge is -2.25. The Morgan fingerprint density at radius 3 is 2.86 bits per heavy atom. The molecule has 6 nitrogen and oxygen atoms in total. The molecule has 0 aliphatic carbocycles. The molecular formula is C22H24N4O2. The van der Waals surface area contributed by atoms with Gasteiger partial charge in [-0.25, -0.2) is 4.98 Å². The molecule has 1 aliphatic heterocycles. The summed E-state index contributed by atoms with van der Waals surface area (Å²) in [4.78, 5) is 35.9. The van der Waals surface area contributed by atoms with Crippen molar-refractivity contribution in [2.45, 2.75) is 45.2 Å². The summed E-state index contributed by atoms with van der Waals surface area (Å²) in [6.07, 6.45) is 8.21. The number of carbonyl (C=O) groups is 1. The summed E-state index contributed by atoms with van der Waals surface area (Å²) in [6.45, 7) is 3.24. The maximum absolute atomic E-state index is 12.8. The van der Waals surface area contributed by atoms with Crippen LogP contribution in [0.25, 0.3) is 10.9 Å². The van der Waals surface area contributed by atoms with Gasteiger partial charge < -0.3 is 4.90 Å². The number of nitrogens with zero attached hydrogens (tertiary/aromatic N) is 4. The Balaban J connectivity index is 1.41. The van der Waals surface area contributed by atoms with Crippen molar-refractivity contribution >= 4 is 16.8 Å². The molecule has 1 saturated heterocycles. The summed E-state index contributed by atoms with van der Waals surface area (Å²) in [7, 11) is 0. The number of likely N-dealkylation sites (tertiary alicyclic amines) is 1. The predicted octanol–water partition coefficient (Wildman–Crippen LogP) is 3.24. The van der Waals surface area contributed by atoms with Gasteiger partial charge in [0.05, 0.1) is 23.3 Å². The maximum atomic E-state index is 12.8. The zero-order chi connectivity index (χ0) is 19.5. The molecule has 144 valence electrons. The van der Waals surface area contributed by atoms with Crippen molar-refractivity contribution in [2.75, 3.05) is 6.54 Å². The molecule has 1 fully saturated rings. The highest BCUT2D eigenvalue weighted by Crippen LogP contribution is 2.32. The van der Waals surface area contributed by atoms with Gasteiger partial charge in [0.2, 0.25) is 5.91 Å². The second-order valence-corrected chi connectivity index (χ2v) is 7.34. The van der Waals surface area contributed by atoms with E-state index in [1.54, 1.807) is 23.3 Å². The van der Waals surface area contributed by atoms with Gasteiger partial charge in [-0.15, -0.1) is 0 Å². The summed E-state index contributed by atoms with van der Waals surface area (Å²) >= 11 is 0. The van der Waals surface area contributed by atoms with Crippen molar-refractivity contribution in [3.05, 3.63) is 70.5 Å². The van der Waals surface area contributed by atoms with Gasteiger partial charge in [0, 0.05) is 31.9 Å². The fourth-order valence-corrected chi connectivity index (χ4v) is 4.04. The zero-order valence-electron chi connectivity index (χ0n) is 16.0. The lowest BCUT2D eigenvalue weighted by atomic mass is 10.1. The fraction of sp³-hybridized carbons (Fsp3) is 0.364. The smallest absolute Gasteiger partial charge is 0.261 e. The van der Waals surface area contributed by atoms with Gasteiger partial charge in [0.1, 0.15) is 0 Å². The van der Waals surface area contributed by atoms with Crippen molar-refractivity contribution < 1.29 is 4.79 Å². The molecule has 3 heterocycles. The van der Waals surface area contributed by atoms with Crippen LogP contribution in [0.4, 0.5) is 0 Å². The number of aryl methyl sites for hydroxylation is 2. The SMILES string of the molecule is Cc1cccc2c(=O)n(CCCC(=O)N3CCCC3c3ccncc3)cnc12. The molecular weight excluding hydrogens is 352 g/mol. The van der Waals surface area contributed by atoms with Crippen LogP contribution in [-0.4, -0.2) is 31.9 Å². The van der Waals surface area contributed by atoms with Crippen LogP contribution in [0.2, 0.25) is 0 Å². The van der Waals surface area contributed by atoms with Crippen LogP contribution in [-0.2, 0) is 11.3 Å². The topological polar surface area (TPSA) is 68.1 Å². The molecule has 1 atom stereocenters. The first kappa shape index (κ1) is 18.3. The van der Waals surface area contributed by atoms with Gasteiger partial charge in [-0.3, -0.25) is 19.1 Å². The minimum absolute atomic E-state index is 0.0445. The number of para-hydroxylation sites is 1. The molecule has 1 unspecified atom stereocenters. The molecule has 1 amide bonds. The molecule has 0 saturated carbocycles. The Hall–Kier alpha value is -3.02. The Labute approximate surface area is 163 Å². The molecule has 0 radical (unpaired) electrons. The Kier molecular flexibility index (Phi) is 5.19. The number of amides is 1. The highest BCUT2D eigenvalue weighted by molar-refractivity contribution is 5.80. The molecule has 1 aliphatic rings. The van der Waals surface area contributed by atoms with E-state index in [2.05, 4.69) is 9.97 Å². The van der Waals surface area contributed by atoms with Crippen LogP contribution in [0.3, 0.4) is 0 Å². The van der Waals surface area contributed by atoms with Crippen LogP contribution in [0.15, 0.2) is 53.8 Å². The second kappa shape index (κ2) is 7.92. The summed E-state index contributed by atoms with van der Waals surface area (Å²) < 4.78 is 1.61. The van der Waals surface area contributed by atoms with Crippen LogP contribution in [0, 0.1) is 6.92 Å². The molecule has 0 bridgehead atoms. The first-order valence-corrected chi connectivity index (χ1v) is 9.79. The van der Waals surface area contributed by atoms with E-state index in [1.807, 2.05) is 42.2 Å². The van der Waals surface area contributed by atoms with Crippen LogP contribution < -0.4 is 5.56 Å². The quantitative estimate of drug-likeness (QED) is 0.685. The van der Waals surface area contributed by atoms with Crippen molar-refractivity contribution in [3.8, 4) is 0 Å². The number of benzene rings is 1. The fourth-order valence-electron chi connectivity index (χ4n) is 4.04. The summed E-state index contributed by atoms with van der Waals surface area (Å²) in [5.41, 5.74) is 2.84. The van der Waals surface area contributed by atoms with Crippen LogP contribution in [0.5, 0.6) is 0 Å². The van der Waals surface area contributed by atoms with E-state index in [4.69, 9.17) is 0 Å². The minimum atomic E-state index is -0.0445. The third-order valence-electron chi connectivity index (χ3n) is 5.51. The normalized spacial score (nSPS) is 16.6. The van der Waals surface area contributed by atoms with E-state index in [0.717, 1.165) is 36.0 Å². The van der Waals surface area contributed by atoms with Gasteiger partial charge in [-0.05, 0) is 55.5 Å². The molecule has 3 aromatic rings. The number of carbonyl (C=O) groups excluding carboxylic acids is 1. The Morgan fingerprint density at radius 2 is 2.04 bits per heavy atom. The van der Waals surface area contributed by atoms with Gasteiger partial charge in [-0.1, -0.05) is 12.1 Å². The van der Waals surface area contributed by atoms with Crippen molar-refractivity contribution in [1.82, 2.24) is 19.4 Å². The highest BCUT2D eigenvalue weighted by atomic mass is 16.2. The first-order valence-electron chi connectivity index (χ1n) is 9.79. The summed E-state index contributed by atoms with van der Waals surface area (Å²) in [5, 5.41) is 0.631. The van der Waals surface area contributed by atoms with E-state index in [1.165, 1.54) is 0 Å². The molecule has 0 spiro atoms. The van der Waals surface area contributed by atoms with Crippen molar-refractivity contribution in [3.63, 3.8) is 0 Å². The van der Waals surface area contributed by atoms with Gasteiger partial charge in [0.25, 0.3) is 5.56 Å². The van der Waals surface area contributed by atoms with Crippen molar-refractivity contribution in [1.29, 1.82) is 0 Å². The Morgan fingerprint density at radius 1 is 1.21 bits per heavy atom. The largest absolute Gasteiger partial charge is 0.336 e. The number of aromatic nitrogens is 3. The third kappa shape index (κ3) is 3.54. The van der Waals surface area contributed by atoms with E-state index < -0.39 is 0 Å². The number of fused-ring (bicyclic) bond motifs is 1. The third-order valence-corrected chi connectivity index (χ3v) is 5.51. The first-order chi connectivity index (χ1) is 13.6. The Bertz CT molecular complexity index is 1050.